The van der Waals surface area contributed by atoms with Crippen LogP contribution in [0.1, 0.15) is 37.4 Å². The average Bonchev–Trinajstić information content (AvgIpc) is 2.41. The van der Waals surface area contributed by atoms with Gasteiger partial charge in [0.15, 0.2) is 0 Å². The lowest BCUT2D eigenvalue weighted by molar-refractivity contribution is 0.279. The van der Waals surface area contributed by atoms with Crippen LogP contribution in [0.5, 0.6) is 0 Å². The van der Waals surface area contributed by atoms with Gasteiger partial charge in [0.1, 0.15) is 9.84 Å². The lowest BCUT2D eigenvalue weighted by Crippen LogP contribution is -2.34. The molecular weight excluding hydrogens is 331 g/mol. The molecular formula is C14H20Cl2N2O2S. The molecule has 1 fully saturated rings. The summed E-state index contributed by atoms with van der Waals surface area (Å²) in [4.78, 5) is 4.34. The number of pyridine rings is 1. The minimum atomic E-state index is -3.00. The molecule has 0 saturated heterocycles. The van der Waals surface area contributed by atoms with Crippen LogP contribution in [0.2, 0.25) is 10.0 Å². The van der Waals surface area contributed by atoms with E-state index < -0.39 is 9.84 Å². The Morgan fingerprint density at radius 3 is 2.67 bits per heavy atom. The zero-order valence-electron chi connectivity index (χ0n) is 12.1. The molecule has 118 valence electrons. The molecule has 0 aromatic carbocycles. The molecule has 21 heavy (non-hydrogen) atoms. The van der Waals surface area contributed by atoms with Crippen molar-refractivity contribution >= 4 is 33.0 Å². The van der Waals surface area contributed by atoms with Crippen LogP contribution >= 0.6 is 23.2 Å². The fourth-order valence-electron chi connectivity index (χ4n) is 3.12. The predicted octanol–water partition coefficient (Wildman–Crippen LogP) is 3.25. The van der Waals surface area contributed by atoms with Gasteiger partial charge in [0.2, 0.25) is 0 Å². The molecule has 0 amide bonds. The van der Waals surface area contributed by atoms with Gasteiger partial charge in [-0.1, -0.05) is 29.6 Å². The van der Waals surface area contributed by atoms with Crippen LogP contribution in [0.15, 0.2) is 12.3 Å². The third-order valence-electron chi connectivity index (χ3n) is 4.19. The highest BCUT2D eigenvalue weighted by Gasteiger charge is 2.34. The fraction of sp³-hybridized carbons (Fsp3) is 0.643. The van der Waals surface area contributed by atoms with Gasteiger partial charge in [-0.05, 0) is 38.3 Å². The van der Waals surface area contributed by atoms with E-state index in [-0.39, 0.29) is 17.2 Å². The maximum Gasteiger partial charge on any atom is 0.150 e. The maximum absolute atomic E-state index is 11.8. The smallest absolute Gasteiger partial charge is 0.150 e. The maximum atomic E-state index is 11.8. The van der Waals surface area contributed by atoms with Gasteiger partial charge >= 0.3 is 0 Å². The molecule has 1 aromatic heterocycles. The van der Waals surface area contributed by atoms with Gasteiger partial charge in [0, 0.05) is 12.5 Å². The van der Waals surface area contributed by atoms with Gasteiger partial charge < -0.3 is 5.32 Å². The molecule has 3 atom stereocenters. The Hall–Kier alpha value is -0.360. The topological polar surface area (TPSA) is 59.1 Å². The largest absolute Gasteiger partial charge is 0.311 e. The Morgan fingerprint density at radius 1 is 1.38 bits per heavy atom. The van der Waals surface area contributed by atoms with Crippen LogP contribution in [-0.4, -0.2) is 32.0 Å². The average molecular weight is 351 g/mol. The van der Waals surface area contributed by atoms with E-state index in [1.807, 2.05) is 7.05 Å². The van der Waals surface area contributed by atoms with Gasteiger partial charge in [-0.15, -0.1) is 0 Å². The van der Waals surface area contributed by atoms with E-state index in [0.717, 1.165) is 25.0 Å². The lowest BCUT2D eigenvalue weighted by atomic mass is 9.82. The van der Waals surface area contributed by atoms with Crippen molar-refractivity contribution in [2.24, 2.45) is 5.92 Å². The first-order valence-corrected chi connectivity index (χ1v) is 9.71. The second-order valence-electron chi connectivity index (χ2n) is 5.67. The highest BCUT2D eigenvalue weighted by Crippen LogP contribution is 2.38. The van der Waals surface area contributed by atoms with Crippen molar-refractivity contribution in [3.63, 3.8) is 0 Å². The molecule has 0 radical (unpaired) electrons. The van der Waals surface area contributed by atoms with Gasteiger partial charge in [0.05, 0.1) is 27.0 Å². The Bertz CT molecular complexity index is 607. The molecule has 1 N–H and O–H groups in total. The second-order valence-corrected chi connectivity index (χ2v) is 8.83. The van der Waals surface area contributed by atoms with Gasteiger partial charge in [-0.25, -0.2) is 8.42 Å². The zero-order valence-corrected chi connectivity index (χ0v) is 14.5. The molecule has 7 heteroatoms. The lowest BCUT2D eigenvalue weighted by Gasteiger charge is -2.33. The second kappa shape index (κ2) is 6.82. The third-order valence-corrected chi connectivity index (χ3v) is 6.33. The number of nitrogens with zero attached hydrogens (tertiary/aromatic N) is 1. The van der Waals surface area contributed by atoms with Crippen LogP contribution in [-0.2, 0) is 9.84 Å². The molecule has 1 saturated carbocycles. The number of hydrogen-bond donors (Lipinski definition) is 1. The minimum absolute atomic E-state index is 0.0562. The molecule has 3 unspecified atom stereocenters. The van der Waals surface area contributed by atoms with Crippen LogP contribution in [0.4, 0.5) is 0 Å². The number of nitrogens with one attached hydrogen (secondary N) is 1. The molecule has 1 aliphatic carbocycles. The van der Waals surface area contributed by atoms with Gasteiger partial charge in [-0.3, -0.25) is 4.98 Å². The van der Waals surface area contributed by atoms with Crippen LogP contribution in [0.25, 0.3) is 0 Å². The number of halogens is 2. The Kier molecular flexibility index (Phi) is 5.52. The standard InChI is InChI=1S/C14H20Cl2N2O2S/c1-17-13(14-12(16)7-10(15)8-18-14)9-4-3-5-11(6-9)21(2,19)20/h7-9,11,13,17H,3-6H2,1-2H3. The van der Waals surface area contributed by atoms with Gasteiger partial charge in [0.25, 0.3) is 0 Å². The first-order valence-electron chi connectivity index (χ1n) is 7.00. The summed E-state index contributed by atoms with van der Waals surface area (Å²) in [5.41, 5.74) is 0.739. The van der Waals surface area contributed by atoms with E-state index in [4.69, 9.17) is 23.2 Å². The van der Waals surface area contributed by atoms with E-state index in [9.17, 15) is 8.42 Å². The van der Waals surface area contributed by atoms with Crippen molar-refractivity contribution in [1.82, 2.24) is 10.3 Å². The monoisotopic (exact) mass is 350 g/mol. The van der Waals surface area contributed by atoms with E-state index in [0.29, 0.717) is 16.5 Å². The Morgan fingerprint density at radius 2 is 2.10 bits per heavy atom. The van der Waals surface area contributed by atoms with Crippen molar-refractivity contribution in [1.29, 1.82) is 0 Å². The van der Waals surface area contributed by atoms with Crippen molar-refractivity contribution in [2.75, 3.05) is 13.3 Å². The van der Waals surface area contributed by atoms with Crippen molar-refractivity contribution in [3.05, 3.63) is 28.0 Å². The van der Waals surface area contributed by atoms with Crippen LogP contribution in [0, 0.1) is 5.92 Å². The number of sulfone groups is 1. The van der Waals surface area contributed by atoms with Crippen molar-refractivity contribution in [3.8, 4) is 0 Å². The summed E-state index contributed by atoms with van der Waals surface area (Å²) in [6.07, 6.45) is 6.16. The van der Waals surface area contributed by atoms with E-state index in [2.05, 4.69) is 10.3 Å². The number of aromatic nitrogens is 1. The van der Waals surface area contributed by atoms with Crippen LogP contribution < -0.4 is 5.32 Å². The highest BCUT2D eigenvalue weighted by atomic mass is 35.5. The summed E-state index contributed by atoms with van der Waals surface area (Å²) >= 11 is 12.1. The Labute approximate surface area is 136 Å². The summed E-state index contributed by atoms with van der Waals surface area (Å²) in [5, 5.41) is 3.98. The van der Waals surface area contributed by atoms with Crippen LogP contribution in [0.3, 0.4) is 0 Å². The molecule has 1 aromatic rings. The molecule has 0 spiro atoms. The SMILES string of the molecule is CNC(c1ncc(Cl)cc1Cl)C1CCCC(S(C)(=O)=O)C1. The normalized spacial score (nSPS) is 24.8. The third kappa shape index (κ3) is 4.09. The van der Waals surface area contributed by atoms with Crippen molar-refractivity contribution in [2.45, 2.75) is 37.0 Å². The number of hydrogen-bond acceptors (Lipinski definition) is 4. The summed E-state index contributed by atoms with van der Waals surface area (Å²) in [5.74, 6) is 0.203. The zero-order chi connectivity index (χ0) is 15.6. The van der Waals surface area contributed by atoms with E-state index in [1.54, 1.807) is 12.3 Å². The summed E-state index contributed by atoms with van der Waals surface area (Å²) in [6.45, 7) is 0. The summed E-state index contributed by atoms with van der Waals surface area (Å²) in [7, 11) is -1.15. The quantitative estimate of drug-likeness (QED) is 0.905. The first-order chi connectivity index (χ1) is 9.82. The van der Waals surface area contributed by atoms with Crippen molar-refractivity contribution < 1.29 is 8.42 Å². The predicted molar refractivity (Wildman–Crippen MR) is 86.6 cm³/mol. The highest BCUT2D eigenvalue weighted by molar-refractivity contribution is 7.91. The molecule has 0 aliphatic heterocycles. The van der Waals surface area contributed by atoms with Gasteiger partial charge in [-0.2, -0.15) is 0 Å². The first kappa shape index (κ1) is 17.0. The summed E-state index contributed by atoms with van der Waals surface area (Å²) < 4.78 is 23.6. The Balaban J connectivity index is 2.24. The molecule has 1 heterocycles. The molecule has 0 bridgehead atoms. The molecule has 2 rings (SSSR count). The fourth-order valence-corrected chi connectivity index (χ4v) is 4.81. The minimum Gasteiger partial charge on any atom is -0.311 e. The summed E-state index contributed by atoms with van der Waals surface area (Å²) in [6, 6.07) is 1.62. The van der Waals surface area contributed by atoms with E-state index in [1.165, 1.54) is 6.26 Å². The molecule has 4 nitrogen and oxygen atoms in total. The number of rotatable bonds is 4. The molecule has 1 aliphatic rings. The van der Waals surface area contributed by atoms with E-state index >= 15 is 0 Å².